The van der Waals surface area contributed by atoms with Crippen molar-refractivity contribution >= 4 is 17.5 Å². The fourth-order valence-electron chi connectivity index (χ4n) is 1.58. The Morgan fingerprint density at radius 2 is 2.25 bits per heavy atom. The molecule has 0 unspecified atom stereocenters. The van der Waals surface area contributed by atoms with Crippen molar-refractivity contribution in [3.8, 4) is 0 Å². The van der Waals surface area contributed by atoms with Crippen molar-refractivity contribution < 1.29 is 4.79 Å². The molecule has 1 nitrogen and oxygen atoms in total. The predicted molar refractivity (Wildman–Crippen MR) is 52.0 cm³/mol. The number of allylic oxidation sites excluding steroid dienone is 3. The van der Waals surface area contributed by atoms with Gasteiger partial charge in [-0.05, 0) is 31.9 Å². The quantitative estimate of drug-likeness (QED) is 0.570. The summed E-state index contributed by atoms with van der Waals surface area (Å²) in [4.78, 5) is 12.7. The second-order valence-electron chi connectivity index (χ2n) is 3.86. The Balaban J connectivity index is 2.43. The number of hydrogen-bond donors (Lipinski definition) is 0. The molecular formula is C10H12OS. The van der Waals surface area contributed by atoms with Gasteiger partial charge >= 0.3 is 0 Å². The van der Waals surface area contributed by atoms with Crippen LogP contribution in [0.5, 0.6) is 0 Å². The molecule has 1 heterocycles. The normalized spacial score (nSPS) is 26.3. The van der Waals surface area contributed by atoms with Gasteiger partial charge in [0.15, 0.2) is 5.78 Å². The van der Waals surface area contributed by atoms with E-state index in [1.54, 1.807) is 11.8 Å². The molecule has 1 fully saturated rings. The van der Waals surface area contributed by atoms with Gasteiger partial charge in [-0.25, -0.2) is 0 Å². The summed E-state index contributed by atoms with van der Waals surface area (Å²) in [6, 6.07) is 0. The standard InChI is InChI=1S/C10H12OS/c1-10(2)6-7-3-4-12-8(7)5-9(10)11/h5-6H,3-4H2,1-2H3. The zero-order chi connectivity index (χ0) is 8.77. The van der Waals surface area contributed by atoms with Crippen LogP contribution in [0.15, 0.2) is 22.6 Å². The van der Waals surface area contributed by atoms with Crippen molar-refractivity contribution in [2.45, 2.75) is 20.3 Å². The van der Waals surface area contributed by atoms with E-state index in [4.69, 9.17) is 0 Å². The zero-order valence-corrected chi connectivity index (χ0v) is 8.20. The summed E-state index contributed by atoms with van der Waals surface area (Å²) in [5, 5.41) is 0. The summed E-state index contributed by atoms with van der Waals surface area (Å²) in [6.45, 7) is 3.97. The van der Waals surface area contributed by atoms with Crippen LogP contribution < -0.4 is 0 Å². The molecule has 1 aliphatic carbocycles. The number of fused-ring (bicyclic) bond motifs is 1. The summed E-state index contributed by atoms with van der Waals surface area (Å²) < 4.78 is 0. The first kappa shape index (κ1) is 8.11. The van der Waals surface area contributed by atoms with Crippen molar-refractivity contribution in [1.82, 2.24) is 0 Å². The largest absolute Gasteiger partial charge is 0.294 e. The van der Waals surface area contributed by atoms with E-state index >= 15 is 0 Å². The lowest BCUT2D eigenvalue weighted by Crippen LogP contribution is -2.23. The Labute approximate surface area is 76.9 Å². The second kappa shape index (κ2) is 2.49. The average molecular weight is 180 g/mol. The first-order chi connectivity index (χ1) is 5.59. The number of carbonyl (C=O) groups is 1. The second-order valence-corrected chi connectivity index (χ2v) is 5.00. The molecule has 64 valence electrons. The van der Waals surface area contributed by atoms with Crippen LogP contribution in [0, 0.1) is 5.41 Å². The Bertz CT molecular complexity index is 297. The summed E-state index contributed by atoms with van der Waals surface area (Å²) in [6.07, 6.45) is 5.07. The van der Waals surface area contributed by atoms with Crippen molar-refractivity contribution in [2.75, 3.05) is 5.75 Å². The minimum absolute atomic E-state index is 0.246. The Kier molecular flexibility index (Phi) is 1.69. The van der Waals surface area contributed by atoms with E-state index < -0.39 is 0 Å². The Morgan fingerprint density at radius 3 is 3.00 bits per heavy atom. The molecule has 0 aromatic rings. The number of hydrogen-bond acceptors (Lipinski definition) is 2. The van der Waals surface area contributed by atoms with Crippen LogP contribution in [0.25, 0.3) is 0 Å². The molecular weight excluding hydrogens is 168 g/mol. The predicted octanol–water partition coefficient (Wildman–Crippen LogP) is 2.54. The monoisotopic (exact) mass is 180 g/mol. The highest BCUT2D eigenvalue weighted by Gasteiger charge is 2.31. The minimum Gasteiger partial charge on any atom is -0.294 e. The molecule has 0 aromatic heterocycles. The molecule has 2 rings (SSSR count). The Hall–Kier alpha value is -0.500. The Morgan fingerprint density at radius 1 is 1.50 bits per heavy atom. The highest BCUT2D eigenvalue weighted by Crippen LogP contribution is 2.42. The highest BCUT2D eigenvalue weighted by atomic mass is 32.2. The SMILES string of the molecule is CC1(C)C=C2CCSC2=CC1=O. The van der Waals surface area contributed by atoms with Crippen molar-refractivity contribution in [1.29, 1.82) is 0 Å². The van der Waals surface area contributed by atoms with Crippen LogP contribution in [0.3, 0.4) is 0 Å². The number of ketones is 1. The van der Waals surface area contributed by atoms with Gasteiger partial charge in [-0.1, -0.05) is 6.08 Å². The zero-order valence-electron chi connectivity index (χ0n) is 7.39. The molecule has 0 amide bonds. The summed E-state index contributed by atoms with van der Waals surface area (Å²) in [7, 11) is 0. The molecule has 0 spiro atoms. The minimum atomic E-state index is -0.260. The molecule has 0 saturated carbocycles. The van der Waals surface area contributed by atoms with Crippen molar-refractivity contribution in [3.63, 3.8) is 0 Å². The number of carbonyl (C=O) groups excluding carboxylic acids is 1. The third kappa shape index (κ3) is 1.14. The first-order valence-corrected chi connectivity index (χ1v) is 5.19. The molecule has 2 heteroatoms. The van der Waals surface area contributed by atoms with E-state index in [1.165, 1.54) is 10.5 Å². The van der Waals surface area contributed by atoms with Gasteiger partial charge in [-0.3, -0.25) is 4.79 Å². The van der Waals surface area contributed by atoms with Crippen molar-refractivity contribution in [3.05, 3.63) is 22.6 Å². The molecule has 2 aliphatic rings. The third-order valence-electron chi connectivity index (χ3n) is 2.38. The molecule has 12 heavy (non-hydrogen) atoms. The van der Waals surface area contributed by atoms with Crippen LogP contribution in [-0.4, -0.2) is 11.5 Å². The number of rotatable bonds is 0. The van der Waals surface area contributed by atoms with E-state index in [9.17, 15) is 4.79 Å². The van der Waals surface area contributed by atoms with E-state index in [0.29, 0.717) is 0 Å². The van der Waals surface area contributed by atoms with E-state index in [1.807, 2.05) is 19.9 Å². The van der Waals surface area contributed by atoms with Crippen LogP contribution >= 0.6 is 11.8 Å². The van der Waals surface area contributed by atoms with E-state index in [-0.39, 0.29) is 11.2 Å². The fourth-order valence-corrected chi connectivity index (χ4v) is 2.65. The first-order valence-electron chi connectivity index (χ1n) is 4.21. The van der Waals surface area contributed by atoms with Crippen LogP contribution in [0.2, 0.25) is 0 Å². The molecule has 0 aromatic carbocycles. The van der Waals surface area contributed by atoms with Gasteiger partial charge in [0.2, 0.25) is 0 Å². The maximum atomic E-state index is 11.5. The van der Waals surface area contributed by atoms with Crippen LogP contribution in [-0.2, 0) is 4.79 Å². The average Bonchev–Trinajstić information content (AvgIpc) is 2.35. The van der Waals surface area contributed by atoms with Gasteiger partial charge in [0.25, 0.3) is 0 Å². The van der Waals surface area contributed by atoms with Gasteiger partial charge in [0.05, 0.1) is 0 Å². The van der Waals surface area contributed by atoms with Gasteiger partial charge in [-0.2, -0.15) is 0 Å². The van der Waals surface area contributed by atoms with Gasteiger partial charge in [0, 0.05) is 16.1 Å². The van der Waals surface area contributed by atoms with E-state index in [0.717, 1.165) is 12.2 Å². The highest BCUT2D eigenvalue weighted by molar-refractivity contribution is 8.03. The molecule has 1 aliphatic heterocycles. The topological polar surface area (TPSA) is 17.1 Å². The lowest BCUT2D eigenvalue weighted by molar-refractivity contribution is -0.120. The summed E-state index contributed by atoms with van der Waals surface area (Å²) in [5.41, 5.74) is 1.12. The third-order valence-corrected chi connectivity index (χ3v) is 3.48. The molecule has 0 atom stereocenters. The molecule has 1 saturated heterocycles. The van der Waals surface area contributed by atoms with Gasteiger partial charge in [-0.15, -0.1) is 11.8 Å². The maximum Gasteiger partial charge on any atom is 0.166 e. The maximum absolute atomic E-state index is 11.5. The molecule has 0 N–H and O–H groups in total. The number of thioether (sulfide) groups is 1. The lowest BCUT2D eigenvalue weighted by Gasteiger charge is -2.22. The van der Waals surface area contributed by atoms with E-state index in [2.05, 4.69) is 6.08 Å². The van der Waals surface area contributed by atoms with Gasteiger partial charge < -0.3 is 0 Å². The summed E-state index contributed by atoms with van der Waals surface area (Å²) >= 11 is 1.80. The fraction of sp³-hybridized carbons (Fsp3) is 0.500. The lowest BCUT2D eigenvalue weighted by atomic mass is 9.82. The smallest absolute Gasteiger partial charge is 0.166 e. The van der Waals surface area contributed by atoms with Crippen LogP contribution in [0.1, 0.15) is 20.3 Å². The van der Waals surface area contributed by atoms with Crippen LogP contribution in [0.4, 0.5) is 0 Å². The van der Waals surface area contributed by atoms with Crippen molar-refractivity contribution in [2.24, 2.45) is 5.41 Å². The molecule has 0 bridgehead atoms. The molecule has 0 radical (unpaired) electrons. The van der Waals surface area contributed by atoms with Gasteiger partial charge in [0.1, 0.15) is 0 Å². The summed E-state index contributed by atoms with van der Waals surface area (Å²) in [5.74, 6) is 1.39.